The quantitative estimate of drug-likeness (QED) is 0.738. The van der Waals surface area contributed by atoms with Gasteiger partial charge in [-0.25, -0.2) is 15.0 Å². The molecule has 5 rings (SSSR count). The maximum atomic E-state index is 13.1. The molecule has 0 bridgehead atoms. The highest BCUT2D eigenvalue weighted by atomic mass is 16.2. The molecule has 3 aromatic rings. The number of benzene rings is 1. The van der Waals surface area contributed by atoms with E-state index in [1.807, 2.05) is 35.4 Å². The maximum absolute atomic E-state index is 13.1. The minimum Gasteiger partial charge on any atom is -0.340 e. The van der Waals surface area contributed by atoms with Crippen LogP contribution in [0.2, 0.25) is 0 Å². The fraction of sp³-hybridized carbons (Fsp3) is 0.455. The number of nitrogens with zero attached hydrogens (tertiary/aromatic N) is 5. The minimum atomic E-state index is 0.146. The first-order valence-corrected chi connectivity index (χ1v) is 10.5. The van der Waals surface area contributed by atoms with Gasteiger partial charge in [0, 0.05) is 62.4 Å². The summed E-state index contributed by atoms with van der Waals surface area (Å²) >= 11 is 0. The molecule has 1 fully saturated rings. The van der Waals surface area contributed by atoms with Crippen LogP contribution < -0.4 is 5.32 Å². The predicted octanol–water partition coefficient (Wildman–Crippen LogP) is 2.05. The summed E-state index contributed by atoms with van der Waals surface area (Å²) < 4.78 is 2.06. The maximum Gasteiger partial charge on any atom is 0.242 e. The number of rotatable bonds is 4. The molecular weight excluding hydrogens is 364 g/mol. The van der Waals surface area contributed by atoms with Gasteiger partial charge in [0.25, 0.3) is 0 Å². The number of aromatic nitrogens is 4. The molecule has 2 aliphatic rings. The molecule has 1 saturated heterocycles. The molecule has 0 saturated carbocycles. The Hall–Kier alpha value is -2.80. The van der Waals surface area contributed by atoms with Crippen LogP contribution in [0.15, 0.2) is 30.5 Å². The smallest absolute Gasteiger partial charge is 0.242 e. The molecule has 1 N–H and O–H groups in total. The second-order valence-electron chi connectivity index (χ2n) is 7.91. The van der Waals surface area contributed by atoms with Crippen LogP contribution in [0.4, 0.5) is 0 Å². The fourth-order valence-electron chi connectivity index (χ4n) is 4.45. The molecule has 7 heteroatoms. The molecule has 0 spiro atoms. The zero-order valence-corrected chi connectivity index (χ0v) is 16.8. The number of carbonyl (C=O) groups is 1. The fourth-order valence-corrected chi connectivity index (χ4v) is 4.45. The van der Waals surface area contributed by atoms with Crippen LogP contribution in [0, 0.1) is 0 Å². The first kappa shape index (κ1) is 18.2. The summed E-state index contributed by atoms with van der Waals surface area (Å²) in [6, 6.07) is 8.03. The predicted molar refractivity (Wildman–Crippen MR) is 110 cm³/mol. The van der Waals surface area contributed by atoms with Gasteiger partial charge in [-0.15, -0.1) is 0 Å². The lowest BCUT2D eigenvalue weighted by Gasteiger charge is -2.19. The van der Waals surface area contributed by atoms with Gasteiger partial charge in [-0.3, -0.25) is 4.79 Å². The van der Waals surface area contributed by atoms with E-state index in [1.54, 1.807) is 0 Å². The number of fused-ring (bicyclic) bond motifs is 2. The standard InChI is InChI=1S/C22H26N6O/c1-2-20-25-18-5-3-4-6-19(18)28(20)14-21(29)27-10-8-15(13-27)22-24-12-16-11-23-9-7-17(16)26-22/h3-6,12,15,23H,2,7-11,13-14H2,1H3/t15-/m0/s1. The minimum absolute atomic E-state index is 0.146. The summed E-state index contributed by atoms with van der Waals surface area (Å²) in [6.07, 6.45) is 4.64. The van der Waals surface area contributed by atoms with Crippen molar-refractivity contribution in [1.29, 1.82) is 0 Å². The van der Waals surface area contributed by atoms with Crippen molar-refractivity contribution in [1.82, 2.24) is 29.7 Å². The van der Waals surface area contributed by atoms with Crippen molar-refractivity contribution in [2.45, 2.75) is 45.2 Å². The van der Waals surface area contributed by atoms with E-state index in [2.05, 4.69) is 26.8 Å². The third-order valence-electron chi connectivity index (χ3n) is 6.08. The van der Waals surface area contributed by atoms with E-state index in [1.165, 1.54) is 5.56 Å². The van der Waals surface area contributed by atoms with E-state index in [0.717, 1.165) is 67.3 Å². The normalized spacial score (nSPS) is 18.9. The van der Waals surface area contributed by atoms with E-state index >= 15 is 0 Å². The molecule has 0 aliphatic carbocycles. The third kappa shape index (κ3) is 3.40. The van der Waals surface area contributed by atoms with Gasteiger partial charge in [-0.2, -0.15) is 0 Å². The number of hydrogen-bond donors (Lipinski definition) is 1. The van der Waals surface area contributed by atoms with Gasteiger partial charge in [0.1, 0.15) is 18.2 Å². The van der Waals surface area contributed by atoms with Gasteiger partial charge in [0.2, 0.25) is 5.91 Å². The van der Waals surface area contributed by atoms with Crippen LogP contribution in [-0.4, -0.2) is 50.0 Å². The second kappa shape index (κ2) is 7.55. The van der Waals surface area contributed by atoms with Gasteiger partial charge in [0.05, 0.1) is 11.0 Å². The zero-order valence-electron chi connectivity index (χ0n) is 16.8. The van der Waals surface area contributed by atoms with Gasteiger partial charge >= 0.3 is 0 Å². The Kier molecular flexibility index (Phi) is 4.75. The summed E-state index contributed by atoms with van der Waals surface area (Å²) in [5.74, 6) is 2.22. The molecule has 1 atom stereocenters. The summed E-state index contributed by atoms with van der Waals surface area (Å²) in [5.41, 5.74) is 4.34. The Morgan fingerprint density at radius 1 is 1.28 bits per heavy atom. The molecule has 0 unspecified atom stereocenters. The summed E-state index contributed by atoms with van der Waals surface area (Å²) in [5, 5.41) is 3.35. The first-order chi connectivity index (χ1) is 14.2. The van der Waals surface area contributed by atoms with Crippen molar-refractivity contribution < 1.29 is 4.79 Å². The lowest BCUT2D eigenvalue weighted by molar-refractivity contribution is -0.130. The number of hydrogen-bond acceptors (Lipinski definition) is 5. The van der Waals surface area contributed by atoms with Crippen molar-refractivity contribution in [2.75, 3.05) is 19.6 Å². The average Bonchev–Trinajstić information content (AvgIpc) is 3.39. The highest BCUT2D eigenvalue weighted by molar-refractivity contribution is 5.81. The van der Waals surface area contributed by atoms with Gasteiger partial charge < -0.3 is 14.8 Å². The van der Waals surface area contributed by atoms with Crippen molar-refractivity contribution in [3.05, 3.63) is 53.4 Å². The second-order valence-corrected chi connectivity index (χ2v) is 7.91. The summed E-state index contributed by atoms with van der Waals surface area (Å²) in [7, 11) is 0. The Balaban J connectivity index is 1.31. The lowest BCUT2D eigenvalue weighted by atomic mass is 10.1. The molecule has 0 radical (unpaired) electrons. The average molecular weight is 390 g/mol. The van der Waals surface area contributed by atoms with E-state index < -0.39 is 0 Å². The zero-order chi connectivity index (χ0) is 19.8. The molecule has 1 aromatic carbocycles. The Morgan fingerprint density at radius 2 is 2.17 bits per heavy atom. The monoisotopic (exact) mass is 390 g/mol. The van der Waals surface area contributed by atoms with Gasteiger partial charge in [0.15, 0.2) is 0 Å². The van der Waals surface area contributed by atoms with Crippen LogP contribution in [0.1, 0.15) is 42.2 Å². The molecule has 1 amide bonds. The number of imidazole rings is 1. The van der Waals surface area contributed by atoms with Crippen molar-refractivity contribution in [2.24, 2.45) is 0 Å². The number of likely N-dealkylation sites (tertiary alicyclic amines) is 1. The summed E-state index contributed by atoms with van der Waals surface area (Å²) in [4.78, 5) is 29.1. The molecule has 4 heterocycles. The molecule has 2 aliphatic heterocycles. The number of amides is 1. The van der Waals surface area contributed by atoms with Crippen LogP contribution in [0.5, 0.6) is 0 Å². The van der Waals surface area contributed by atoms with Crippen LogP contribution >= 0.6 is 0 Å². The largest absolute Gasteiger partial charge is 0.340 e. The molecule has 2 aromatic heterocycles. The molecule has 29 heavy (non-hydrogen) atoms. The Morgan fingerprint density at radius 3 is 3.07 bits per heavy atom. The van der Waals surface area contributed by atoms with Crippen molar-refractivity contribution >= 4 is 16.9 Å². The van der Waals surface area contributed by atoms with E-state index in [9.17, 15) is 4.79 Å². The number of aryl methyl sites for hydroxylation is 1. The number of nitrogens with one attached hydrogen (secondary N) is 1. The number of carbonyl (C=O) groups excluding carboxylic acids is 1. The first-order valence-electron chi connectivity index (χ1n) is 10.5. The highest BCUT2D eigenvalue weighted by Gasteiger charge is 2.30. The molecule has 150 valence electrons. The topological polar surface area (TPSA) is 75.9 Å². The molecular formula is C22H26N6O. The van der Waals surface area contributed by atoms with E-state index in [4.69, 9.17) is 4.98 Å². The number of para-hydroxylation sites is 2. The lowest BCUT2D eigenvalue weighted by Crippen LogP contribution is -2.32. The van der Waals surface area contributed by atoms with Crippen LogP contribution in [-0.2, 0) is 30.7 Å². The SMILES string of the molecule is CCc1nc2ccccc2n1CC(=O)N1CC[C@H](c2ncc3c(n2)CCNC3)C1. The van der Waals surface area contributed by atoms with E-state index in [0.29, 0.717) is 13.1 Å². The Bertz CT molecular complexity index is 1060. The summed E-state index contributed by atoms with van der Waals surface area (Å²) in [6.45, 7) is 5.70. The van der Waals surface area contributed by atoms with Crippen LogP contribution in [0.25, 0.3) is 11.0 Å². The molecule has 7 nitrogen and oxygen atoms in total. The van der Waals surface area contributed by atoms with Gasteiger partial charge in [-0.1, -0.05) is 19.1 Å². The van der Waals surface area contributed by atoms with E-state index in [-0.39, 0.29) is 11.8 Å². The van der Waals surface area contributed by atoms with Crippen LogP contribution in [0.3, 0.4) is 0 Å². The Labute approximate surface area is 170 Å². The van der Waals surface area contributed by atoms with Gasteiger partial charge in [-0.05, 0) is 18.6 Å². The third-order valence-corrected chi connectivity index (χ3v) is 6.08. The highest BCUT2D eigenvalue weighted by Crippen LogP contribution is 2.26. The van der Waals surface area contributed by atoms with Crippen molar-refractivity contribution in [3.63, 3.8) is 0 Å². The van der Waals surface area contributed by atoms with Crippen molar-refractivity contribution in [3.8, 4) is 0 Å².